The molecule has 0 bridgehead atoms. The lowest BCUT2D eigenvalue weighted by Crippen LogP contribution is -2.25. The molecule has 4 heteroatoms. The van der Waals surface area contributed by atoms with E-state index >= 15 is 0 Å². The number of fused-ring (bicyclic) bond motifs is 1. The second-order valence-corrected chi connectivity index (χ2v) is 5.42. The molecule has 0 saturated carbocycles. The number of para-hydroxylation sites is 2. The van der Waals surface area contributed by atoms with Crippen molar-refractivity contribution in [2.24, 2.45) is 13.0 Å². The second kappa shape index (κ2) is 7.41. The van der Waals surface area contributed by atoms with Gasteiger partial charge in [-0.15, -0.1) is 0 Å². The number of nitrogens with one attached hydrogen (secondary N) is 1. The molecule has 4 nitrogen and oxygen atoms in total. The van der Waals surface area contributed by atoms with E-state index in [0.717, 1.165) is 38.1 Å². The number of methoxy groups -OCH3 is 1. The fraction of sp³-hybridized carbons (Fsp3) is 0.562. The molecular formula is C16H25N3O. The molecule has 0 aliphatic heterocycles. The Bertz CT molecular complexity index is 536. The molecule has 0 aliphatic rings. The highest BCUT2D eigenvalue weighted by atomic mass is 16.5. The van der Waals surface area contributed by atoms with Crippen molar-refractivity contribution < 1.29 is 4.74 Å². The van der Waals surface area contributed by atoms with Crippen molar-refractivity contribution in [2.75, 3.05) is 26.8 Å². The Hall–Kier alpha value is -1.39. The minimum absolute atomic E-state index is 0.645. The molecule has 1 atom stereocenters. The third-order valence-corrected chi connectivity index (χ3v) is 3.72. The topological polar surface area (TPSA) is 39.1 Å². The van der Waals surface area contributed by atoms with Crippen LogP contribution in [-0.2, 0) is 18.2 Å². The van der Waals surface area contributed by atoms with Gasteiger partial charge in [0.05, 0.1) is 17.6 Å². The Morgan fingerprint density at radius 3 is 2.90 bits per heavy atom. The molecule has 1 aromatic carbocycles. The zero-order valence-corrected chi connectivity index (χ0v) is 12.7. The first-order valence-electron chi connectivity index (χ1n) is 7.32. The minimum atomic E-state index is 0.645. The van der Waals surface area contributed by atoms with Crippen molar-refractivity contribution in [2.45, 2.75) is 19.8 Å². The molecule has 0 amide bonds. The van der Waals surface area contributed by atoms with Gasteiger partial charge < -0.3 is 14.6 Å². The minimum Gasteiger partial charge on any atom is -0.383 e. The maximum Gasteiger partial charge on any atom is 0.109 e. The van der Waals surface area contributed by atoms with Crippen LogP contribution in [-0.4, -0.2) is 36.4 Å². The molecule has 0 aliphatic carbocycles. The number of imidazole rings is 1. The summed E-state index contributed by atoms with van der Waals surface area (Å²) in [6.07, 6.45) is 2.18. The van der Waals surface area contributed by atoms with Gasteiger partial charge in [-0.3, -0.25) is 0 Å². The number of nitrogens with zero attached hydrogens (tertiary/aromatic N) is 2. The Morgan fingerprint density at radius 1 is 1.35 bits per heavy atom. The normalized spacial score (nSPS) is 12.9. The predicted octanol–water partition coefficient (Wildman–Crippen LogP) is 2.38. The van der Waals surface area contributed by atoms with Crippen molar-refractivity contribution in [3.8, 4) is 0 Å². The van der Waals surface area contributed by atoms with Gasteiger partial charge in [-0.1, -0.05) is 19.1 Å². The van der Waals surface area contributed by atoms with Crippen LogP contribution < -0.4 is 5.32 Å². The highest BCUT2D eigenvalue weighted by Gasteiger charge is 2.09. The van der Waals surface area contributed by atoms with Gasteiger partial charge in [-0.2, -0.15) is 0 Å². The molecule has 0 saturated heterocycles. The molecule has 1 heterocycles. The van der Waals surface area contributed by atoms with Crippen molar-refractivity contribution in [3.63, 3.8) is 0 Å². The molecule has 1 aromatic heterocycles. The van der Waals surface area contributed by atoms with Crippen LogP contribution in [0.5, 0.6) is 0 Å². The van der Waals surface area contributed by atoms with Crippen molar-refractivity contribution in [1.29, 1.82) is 0 Å². The Morgan fingerprint density at radius 2 is 2.15 bits per heavy atom. The summed E-state index contributed by atoms with van der Waals surface area (Å²) in [5.74, 6) is 1.82. The molecule has 1 unspecified atom stereocenters. The number of ether oxygens (including phenoxy) is 1. The summed E-state index contributed by atoms with van der Waals surface area (Å²) in [4.78, 5) is 4.72. The smallest absolute Gasteiger partial charge is 0.109 e. The van der Waals surface area contributed by atoms with Gasteiger partial charge in [0.2, 0.25) is 0 Å². The molecule has 2 rings (SSSR count). The van der Waals surface area contributed by atoms with E-state index in [0.29, 0.717) is 5.92 Å². The number of rotatable bonds is 8. The van der Waals surface area contributed by atoms with Gasteiger partial charge in [0.1, 0.15) is 5.82 Å². The van der Waals surface area contributed by atoms with Crippen molar-refractivity contribution >= 4 is 11.0 Å². The number of aryl methyl sites for hydroxylation is 2. The second-order valence-electron chi connectivity index (χ2n) is 5.42. The highest BCUT2D eigenvalue weighted by Crippen LogP contribution is 2.16. The van der Waals surface area contributed by atoms with E-state index in [2.05, 4.69) is 42.1 Å². The maximum absolute atomic E-state index is 5.03. The summed E-state index contributed by atoms with van der Waals surface area (Å²) >= 11 is 0. The lowest BCUT2D eigenvalue weighted by molar-refractivity contribution is 0.198. The van der Waals surface area contributed by atoms with Crippen LogP contribution in [0.25, 0.3) is 11.0 Å². The average Bonchev–Trinajstić information content (AvgIpc) is 2.78. The van der Waals surface area contributed by atoms with E-state index in [1.807, 2.05) is 6.07 Å². The zero-order valence-electron chi connectivity index (χ0n) is 12.7. The van der Waals surface area contributed by atoms with Crippen LogP contribution in [0.1, 0.15) is 19.2 Å². The van der Waals surface area contributed by atoms with E-state index in [9.17, 15) is 0 Å². The first kappa shape index (κ1) is 15.0. The van der Waals surface area contributed by atoms with Crippen LogP contribution >= 0.6 is 0 Å². The van der Waals surface area contributed by atoms with Crippen LogP contribution in [0.3, 0.4) is 0 Å². The largest absolute Gasteiger partial charge is 0.383 e. The van der Waals surface area contributed by atoms with Gasteiger partial charge in [-0.25, -0.2) is 4.98 Å². The lowest BCUT2D eigenvalue weighted by Gasteiger charge is -2.12. The summed E-state index contributed by atoms with van der Waals surface area (Å²) in [7, 11) is 3.84. The van der Waals surface area contributed by atoms with Crippen molar-refractivity contribution in [3.05, 3.63) is 30.1 Å². The zero-order chi connectivity index (χ0) is 14.4. The van der Waals surface area contributed by atoms with Crippen molar-refractivity contribution in [1.82, 2.24) is 14.9 Å². The number of aromatic nitrogens is 2. The average molecular weight is 275 g/mol. The van der Waals surface area contributed by atoms with Crippen LogP contribution in [0.15, 0.2) is 24.3 Å². The maximum atomic E-state index is 5.03. The van der Waals surface area contributed by atoms with Crippen LogP contribution in [0.2, 0.25) is 0 Å². The summed E-state index contributed by atoms with van der Waals surface area (Å²) in [5, 5.41) is 3.41. The molecule has 1 N–H and O–H groups in total. The van der Waals surface area contributed by atoms with E-state index in [-0.39, 0.29) is 0 Å². The Labute approximate surface area is 121 Å². The van der Waals surface area contributed by atoms with Crippen LogP contribution in [0.4, 0.5) is 0 Å². The van der Waals surface area contributed by atoms with Gasteiger partial charge in [-0.05, 0) is 31.0 Å². The molecule has 20 heavy (non-hydrogen) atoms. The van der Waals surface area contributed by atoms with Gasteiger partial charge >= 0.3 is 0 Å². The van der Waals surface area contributed by atoms with Gasteiger partial charge in [0, 0.05) is 27.1 Å². The van der Waals surface area contributed by atoms with Crippen LogP contribution in [0, 0.1) is 5.92 Å². The molecule has 110 valence electrons. The first-order valence-corrected chi connectivity index (χ1v) is 7.32. The quantitative estimate of drug-likeness (QED) is 0.752. The van der Waals surface area contributed by atoms with E-state index < -0.39 is 0 Å². The van der Waals surface area contributed by atoms with Gasteiger partial charge in [0.15, 0.2) is 0 Å². The number of benzene rings is 1. The summed E-state index contributed by atoms with van der Waals surface area (Å²) < 4.78 is 7.24. The number of hydrogen-bond donors (Lipinski definition) is 1. The molecule has 0 fully saturated rings. The summed E-state index contributed by atoms with van der Waals surface area (Å²) in [5.41, 5.74) is 2.31. The molecule has 0 radical (unpaired) electrons. The molecule has 0 spiro atoms. The third kappa shape index (κ3) is 3.81. The van der Waals surface area contributed by atoms with E-state index in [1.54, 1.807) is 7.11 Å². The van der Waals surface area contributed by atoms with E-state index in [4.69, 9.17) is 9.72 Å². The third-order valence-electron chi connectivity index (χ3n) is 3.72. The summed E-state index contributed by atoms with van der Waals surface area (Å²) in [6.45, 7) is 5.01. The first-order chi connectivity index (χ1) is 9.72. The monoisotopic (exact) mass is 275 g/mol. The van der Waals surface area contributed by atoms with E-state index in [1.165, 1.54) is 11.3 Å². The molecule has 2 aromatic rings. The Kier molecular flexibility index (Phi) is 5.56. The fourth-order valence-electron chi connectivity index (χ4n) is 2.42. The van der Waals surface area contributed by atoms with Gasteiger partial charge in [0.25, 0.3) is 0 Å². The lowest BCUT2D eigenvalue weighted by atomic mass is 10.1. The predicted molar refractivity (Wildman–Crippen MR) is 82.9 cm³/mol. The Balaban J connectivity index is 1.84. The SMILES string of the molecule is COCCNCC(C)CCc1nc2ccccc2n1C. The standard InChI is InChI=1S/C16H25N3O/c1-13(12-17-10-11-20-3)8-9-16-18-14-6-4-5-7-15(14)19(16)2/h4-7,13,17H,8-12H2,1-3H3. The highest BCUT2D eigenvalue weighted by molar-refractivity contribution is 5.75. The molecular weight excluding hydrogens is 250 g/mol. The summed E-state index contributed by atoms with van der Waals surface area (Å²) in [6, 6.07) is 8.31. The fourth-order valence-corrected chi connectivity index (χ4v) is 2.42. The number of hydrogen-bond acceptors (Lipinski definition) is 3.